The number of aromatic nitrogens is 4. The summed E-state index contributed by atoms with van der Waals surface area (Å²) >= 11 is 13.4. The van der Waals surface area contributed by atoms with Crippen LogP contribution in [0, 0.1) is 6.92 Å². The number of thiazole rings is 1. The lowest BCUT2D eigenvalue weighted by molar-refractivity contribution is 0.0374. The molecule has 1 aromatic carbocycles. The van der Waals surface area contributed by atoms with Crippen LogP contribution in [0.2, 0.25) is 9.49 Å². The van der Waals surface area contributed by atoms with Crippen LogP contribution in [0.15, 0.2) is 30.5 Å². The number of rotatable bonds is 8. The lowest BCUT2D eigenvalue weighted by Crippen LogP contribution is -2.16. The van der Waals surface area contributed by atoms with Gasteiger partial charge >= 0.3 is 13.6 Å². The van der Waals surface area contributed by atoms with Crippen LogP contribution in [0.25, 0.3) is 0 Å². The van der Waals surface area contributed by atoms with E-state index in [1.54, 1.807) is 37.4 Å². The van der Waals surface area contributed by atoms with Gasteiger partial charge in [0.05, 0.1) is 12.2 Å². The molecule has 0 saturated carbocycles. The van der Waals surface area contributed by atoms with Gasteiger partial charge < -0.3 is 13.8 Å². The highest BCUT2D eigenvalue weighted by Gasteiger charge is 2.41. The SMILES string of the molecule is COP(=O)(OC)C(OC(=O)c1nnn(Cc2cnc(Cl)s2)c1C)c1ccccc1Cl. The molecule has 0 radical (unpaired) electrons. The largest absolute Gasteiger partial charge is 0.439 e. The summed E-state index contributed by atoms with van der Waals surface area (Å²) in [5.41, 5.74) is 0.692. The van der Waals surface area contributed by atoms with Gasteiger partial charge in [-0.15, -0.1) is 16.4 Å². The van der Waals surface area contributed by atoms with E-state index >= 15 is 0 Å². The van der Waals surface area contributed by atoms with Crippen molar-refractivity contribution < 1.29 is 23.1 Å². The smallest absolute Gasteiger partial charge is 0.375 e. The molecule has 0 aliphatic heterocycles. The average Bonchev–Trinajstić information content (AvgIpc) is 3.31. The Hall–Kier alpha value is -1.81. The molecule has 1 unspecified atom stereocenters. The van der Waals surface area contributed by atoms with E-state index in [2.05, 4.69) is 15.3 Å². The molecule has 0 bridgehead atoms. The highest BCUT2D eigenvalue weighted by Crippen LogP contribution is 2.61. The topological polar surface area (TPSA) is 105 Å². The van der Waals surface area contributed by atoms with Crippen LogP contribution in [0.4, 0.5) is 0 Å². The minimum absolute atomic E-state index is 0.0404. The summed E-state index contributed by atoms with van der Waals surface area (Å²) in [5, 5.41) is 8.13. The lowest BCUT2D eigenvalue weighted by atomic mass is 10.2. The molecule has 9 nitrogen and oxygen atoms in total. The highest BCUT2D eigenvalue weighted by atomic mass is 35.5. The zero-order valence-corrected chi connectivity index (χ0v) is 19.3. The van der Waals surface area contributed by atoms with Crippen molar-refractivity contribution >= 4 is 48.1 Å². The molecule has 1 atom stereocenters. The van der Waals surface area contributed by atoms with Crippen molar-refractivity contribution in [3.63, 3.8) is 0 Å². The van der Waals surface area contributed by atoms with E-state index in [-0.39, 0.29) is 16.3 Å². The quantitative estimate of drug-likeness (QED) is 0.329. The van der Waals surface area contributed by atoms with Crippen molar-refractivity contribution in [2.24, 2.45) is 0 Å². The Morgan fingerprint density at radius 2 is 1.97 bits per heavy atom. The molecule has 2 heterocycles. The number of halogens is 2. The van der Waals surface area contributed by atoms with Gasteiger partial charge in [0.15, 0.2) is 10.2 Å². The van der Waals surface area contributed by atoms with Crippen molar-refractivity contribution in [1.82, 2.24) is 20.0 Å². The third kappa shape index (κ3) is 4.74. The molecule has 0 saturated heterocycles. The van der Waals surface area contributed by atoms with E-state index in [4.69, 9.17) is 37.0 Å². The normalized spacial score (nSPS) is 12.7. The van der Waals surface area contributed by atoms with Gasteiger partial charge in [-0.25, -0.2) is 14.5 Å². The first kappa shape index (κ1) is 22.9. The van der Waals surface area contributed by atoms with Gasteiger partial charge in [0.1, 0.15) is 0 Å². The van der Waals surface area contributed by atoms with Gasteiger partial charge in [0.2, 0.25) is 5.85 Å². The summed E-state index contributed by atoms with van der Waals surface area (Å²) in [6.07, 6.45) is 1.62. The fourth-order valence-corrected chi connectivity index (χ4v) is 5.19. The van der Waals surface area contributed by atoms with Gasteiger partial charge in [-0.3, -0.25) is 4.57 Å². The monoisotopic (exact) mass is 490 g/mol. The molecule has 0 fully saturated rings. The molecule has 160 valence electrons. The van der Waals surface area contributed by atoms with E-state index in [1.165, 1.54) is 30.2 Å². The maximum absolute atomic E-state index is 13.1. The van der Waals surface area contributed by atoms with Crippen molar-refractivity contribution in [3.05, 3.63) is 61.8 Å². The van der Waals surface area contributed by atoms with E-state index < -0.39 is 19.4 Å². The molecule has 30 heavy (non-hydrogen) atoms. The Kier molecular flexibility index (Phi) is 7.28. The summed E-state index contributed by atoms with van der Waals surface area (Å²) in [7, 11) is -1.48. The van der Waals surface area contributed by atoms with Crippen molar-refractivity contribution in [2.75, 3.05) is 14.2 Å². The minimum Gasteiger partial charge on any atom is -0.439 e. The second-order valence-electron chi connectivity index (χ2n) is 5.94. The lowest BCUT2D eigenvalue weighted by Gasteiger charge is -2.25. The zero-order chi connectivity index (χ0) is 21.9. The third-order valence-electron chi connectivity index (χ3n) is 4.19. The second kappa shape index (κ2) is 9.55. The van der Waals surface area contributed by atoms with Crippen LogP contribution in [-0.4, -0.2) is 40.2 Å². The highest BCUT2D eigenvalue weighted by molar-refractivity contribution is 7.54. The molecule has 0 aliphatic carbocycles. The molecule has 0 amide bonds. The van der Waals surface area contributed by atoms with Crippen LogP contribution in [0.5, 0.6) is 0 Å². The molecular weight excluding hydrogens is 474 g/mol. The number of esters is 1. The van der Waals surface area contributed by atoms with Crippen molar-refractivity contribution in [1.29, 1.82) is 0 Å². The number of hydrogen-bond donors (Lipinski definition) is 0. The van der Waals surface area contributed by atoms with Crippen LogP contribution < -0.4 is 0 Å². The summed E-state index contributed by atoms with van der Waals surface area (Å²) in [5.74, 6) is -2.24. The van der Waals surface area contributed by atoms with Gasteiger partial charge in [0, 0.05) is 35.9 Å². The van der Waals surface area contributed by atoms with Gasteiger partial charge in [-0.1, -0.05) is 46.6 Å². The van der Waals surface area contributed by atoms with E-state index in [1.807, 2.05) is 0 Å². The molecule has 0 aliphatic rings. The molecule has 0 spiro atoms. The van der Waals surface area contributed by atoms with Crippen LogP contribution in [-0.2, 0) is 24.9 Å². The molecular formula is C17H17Cl2N4O5PS. The van der Waals surface area contributed by atoms with Gasteiger partial charge in [-0.05, 0) is 13.0 Å². The number of carbonyl (C=O) groups excluding carboxylic acids is 1. The predicted octanol–water partition coefficient (Wildman–Crippen LogP) is 4.74. The zero-order valence-electron chi connectivity index (χ0n) is 16.1. The second-order valence-corrected chi connectivity index (χ2v) is 10.3. The summed E-state index contributed by atoms with van der Waals surface area (Å²) in [6.45, 7) is 2.00. The molecule has 2 aromatic heterocycles. The van der Waals surface area contributed by atoms with Crippen LogP contribution in [0.3, 0.4) is 0 Å². The first-order valence-corrected chi connectivity index (χ1v) is 11.6. The Labute approximate surface area is 186 Å². The third-order valence-corrected chi connectivity index (χ3v) is 7.61. The average molecular weight is 491 g/mol. The van der Waals surface area contributed by atoms with Gasteiger partial charge in [0.25, 0.3) is 0 Å². The standard InChI is InChI=1S/C17H17Cl2N4O5PS/c1-10-14(21-22-23(10)9-11-8-20-17(19)30-11)15(24)28-16(29(25,26-2)27-3)12-6-4-5-7-13(12)18/h4-8,16H,9H2,1-3H3. The molecule has 13 heteroatoms. The molecule has 3 aromatic rings. The Bertz CT molecular complexity index is 1100. The number of ether oxygens (including phenoxy) is 1. The maximum atomic E-state index is 13.1. The van der Waals surface area contributed by atoms with E-state index in [0.29, 0.717) is 16.7 Å². The first-order chi connectivity index (χ1) is 14.3. The Morgan fingerprint density at radius 1 is 1.27 bits per heavy atom. The van der Waals surface area contributed by atoms with E-state index in [0.717, 1.165) is 4.88 Å². The summed E-state index contributed by atoms with van der Waals surface area (Å²) in [4.78, 5) is 17.7. The molecule has 0 N–H and O–H groups in total. The van der Waals surface area contributed by atoms with Crippen molar-refractivity contribution in [2.45, 2.75) is 19.3 Å². The Morgan fingerprint density at radius 3 is 2.57 bits per heavy atom. The summed E-state index contributed by atoms with van der Waals surface area (Å²) < 4.78 is 30.6. The van der Waals surface area contributed by atoms with Crippen molar-refractivity contribution in [3.8, 4) is 0 Å². The Balaban J connectivity index is 1.89. The van der Waals surface area contributed by atoms with Crippen LogP contribution in [0.1, 0.15) is 32.5 Å². The molecule has 3 rings (SSSR count). The summed E-state index contributed by atoms with van der Waals surface area (Å²) in [6, 6.07) is 6.51. The van der Waals surface area contributed by atoms with E-state index in [9.17, 15) is 9.36 Å². The fourth-order valence-electron chi connectivity index (χ4n) is 2.60. The fraction of sp³-hybridized carbons (Fsp3) is 0.294. The minimum atomic E-state index is -3.88. The first-order valence-electron chi connectivity index (χ1n) is 8.46. The maximum Gasteiger partial charge on any atom is 0.375 e. The van der Waals surface area contributed by atoms with Crippen LogP contribution >= 0.6 is 42.1 Å². The number of carbonyl (C=O) groups is 1. The van der Waals surface area contributed by atoms with Gasteiger partial charge in [-0.2, -0.15) is 0 Å². The predicted molar refractivity (Wildman–Crippen MR) is 112 cm³/mol. The number of nitrogens with zero attached hydrogens (tertiary/aromatic N) is 4. The number of benzene rings is 1. The number of hydrogen-bond acceptors (Lipinski definition) is 9.